The summed E-state index contributed by atoms with van der Waals surface area (Å²) < 4.78 is 9.56. The van der Waals surface area contributed by atoms with E-state index in [4.69, 9.17) is 4.74 Å². The van der Waals surface area contributed by atoms with Gasteiger partial charge in [0.05, 0.1) is 19.8 Å². The molecular formula is C8H14O3. The molecule has 0 radical (unpaired) electrons. The average Bonchev–Trinajstić information content (AvgIpc) is 2.03. The summed E-state index contributed by atoms with van der Waals surface area (Å²) in [5, 5.41) is 0. The topological polar surface area (TPSA) is 35.5 Å². The van der Waals surface area contributed by atoms with E-state index in [1.54, 1.807) is 0 Å². The first kappa shape index (κ1) is 10.0. The smallest absolute Gasteiger partial charge is 0.333 e. The summed E-state index contributed by atoms with van der Waals surface area (Å²) in [6.07, 6.45) is 2.08. The second kappa shape index (κ2) is 5.77. The van der Waals surface area contributed by atoms with Crippen molar-refractivity contribution in [3.05, 3.63) is 11.8 Å². The van der Waals surface area contributed by atoms with Crippen molar-refractivity contribution in [2.45, 2.75) is 20.3 Å². The van der Waals surface area contributed by atoms with E-state index in [2.05, 4.69) is 4.74 Å². The number of carbonyl (C=O) groups excluding carboxylic acids is 1. The van der Waals surface area contributed by atoms with Gasteiger partial charge in [-0.25, -0.2) is 4.79 Å². The first-order valence-electron chi connectivity index (χ1n) is 3.65. The van der Waals surface area contributed by atoms with E-state index < -0.39 is 0 Å². The van der Waals surface area contributed by atoms with Crippen molar-refractivity contribution in [3.63, 3.8) is 0 Å². The molecule has 0 saturated heterocycles. The summed E-state index contributed by atoms with van der Waals surface area (Å²) in [5.41, 5.74) is 0. The zero-order chi connectivity index (χ0) is 8.69. The predicted molar refractivity (Wildman–Crippen MR) is 42.0 cm³/mol. The molecular weight excluding hydrogens is 144 g/mol. The Labute approximate surface area is 67.0 Å². The zero-order valence-corrected chi connectivity index (χ0v) is 7.22. The number of methoxy groups -OCH3 is 1. The molecule has 0 atom stereocenters. The van der Waals surface area contributed by atoms with Crippen molar-refractivity contribution >= 4 is 5.97 Å². The molecule has 3 heteroatoms. The zero-order valence-electron chi connectivity index (χ0n) is 7.22. The molecule has 0 unspecified atom stereocenters. The van der Waals surface area contributed by atoms with Crippen LogP contribution in [0.4, 0.5) is 0 Å². The molecule has 11 heavy (non-hydrogen) atoms. The normalized spacial score (nSPS) is 11.0. The number of allylic oxidation sites excluding steroid dienone is 1. The van der Waals surface area contributed by atoms with Crippen molar-refractivity contribution in [1.29, 1.82) is 0 Å². The molecule has 0 heterocycles. The van der Waals surface area contributed by atoms with Crippen molar-refractivity contribution in [2.75, 3.05) is 13.7 Å². The fraction of sp³-hybridized carbons (Fsp3) is 0.625. The quantitative estimate of drug-likeness (QED) is 0.353. The lowest BCUT2D eigenvalue weighted by molar-refractivity contribution is -0.135. The maximum Gasteiger partial charge on any atom is 0.333 e. The molecule has 3 nitrogen and oxygen atoms in total. The van der Waals surface area contributed by atoms with Gasteiger partial charge in [-0.05, 0) is 6.92 Å². The van der Waals surface area contributed by atoms with Gasteiger partial charge < -0.3 is 9.47 Å². The Hall–Kier alpha value is -0.990. The van der Waals surface area contributed by atoms with Gasteiger partial charge in [0.25, 0.3) is 0 Å². The fourth-order valence-electron chi connectivity index (χ4n) is 0.622. The molecule has 0 amide bonds. The minimum absolute atomic E-state index is 0.365. The molecule has 0 aliphatic carbocycles. The molecule has 0 aliphatic rings. The van der Waals surface area contributed by atoms with Crippen LogP contribution in [0.15, 0.2) is 11.8 Å². The summed E-state index contributed by atoms with van der Waals surface area (Å²) >= 11 is 0. The number of esters is 1. The van der Waals surface area contributed by atoms with Gasteiger partial charge in [-0.15, -0.1) is 0 Å². The molecule has 0 rings (SSSR count). The van der Waals surface area contributed by atoms with Crippen molar-refractivity contribution < 1.29 is 14.3 Å². The van der Waals surface area contributed by atoms with E-state index >= 15 is 0 Å². The number of hydrogen-bond donors (Lipinski definition) is 0. The molecule has 64 valence electrons. The van der Waals surface area contributed by atoms with Crippen LogP contribution in [0.25, 0.3) is 0 Å². The van der Waals surface area contributed by atoms with Gasteiger partial charge in [-0.3, -0.25) is 0 Å². The van der Waals surface area contributed by atoms with Crippen LogP contribution >= 0.6 is 0 Å². The van der Waals surface area contributed by atoms with Crippen molar-refractivity contribution in [3.8, 4) is 0 Å². The lowest BCUT2D eigenvalue weighted by Crippen LogP contribution is -1.99. The van der Waals surface area contributed by atoms with Gasteiger partial charge in [0, 0.05) is 6.42 Å². The van der Waals surface area contributed by atoms with Crippen LogP contribution in [0.5, 0.6) is 0 Å². The summed E-state index contributed by atoms with van der Waals surface area (Å²) in [6, 6.07) is 0. The largest absolute Gasteiger partial charge is 0.498 e. The molecule has 0 aliphatic heterocycles. The maximum atomic E-state index is 10.7. The monoisotopic (exact) mass is 158 g/mol. The Bertz CT molecular complexity index is 149. The minimum atomic E-state index is -0.365. The number of carbonyl (C=O) groups is 1. The van der Waals surface area contributed by atoms with Crippen molar-refractivity contribution in [2.24, 2.45) is 0 Å². The van der Waals surface area contributed by atoms with Gasteiger partial charge in [0.15, 0.2) is 0 Å². The summed E-state index contributed by atoms with van der Waals surface area (Å²) in [4.78, 5) is 10.7. The highest BCUT2D eigenvalue weighted by Crippen LogP contribution is 2.02. The van der Waals surface area contributed by atoms with Crippen LogP contribution in [0.2, 0.25) is 0 Å². The summed E-state index contributed by atoms with van der Waals surface area (Å²) in [5.74, 6) is 0.301. The highest BCUT2D eigenvalue weighted by atomic mass is 16.5. The van der Waals surface area contributed by atoms with Gasteiger partial charge in [0.2, 0.25) is 0 Å². The van der Waals surface area contributed by atoms with Crippen LogP contribution in [-0.2, 0) is 14.3 Å². The SMILES string of the molecule is CCO/C(=C\C(=O)OC)CC. The Morgan fingerprint density at radius 1 is 1.45 bits per heavy atom. The van der Waals surface area contributed by atoms with Crippen LogP contribution in [-0.4, -0.2) is 19.7 Å². The molecule has 0 bridgehead atoms. The second-order valence-corrected chi connectivity index (χ2v) is 1.92. The Balaban J connectivity index is 3.99. The lowest BCUT2D eigenvalue weighted by Gasteiger charge is -2.03. The highest BCUT2D eigenvalue weighted by Gasteiger charge is 1.98. The molecule has 0 aromatic heterocycles. The Morgan fingerprint density at radius 3 is 2.45 bits per heavy atom. The van der Waals surface area contributed by atoms with E-state index in [1.165, 1.54) is 13.2 Å². The molecule has 0 aromatic rings. The first-order valence-corrected chi connectivity index (χ1v) is 3.65. The van der Waals surface area contributed by atoms with Gasteiger partial charge >= 0.3 is 5.97 Å². The van der Waals surface area contributed by atoms with Crippen LogP contribution < -0.4 is 0 Å². The van der Waals surface area contributed by atoms with E-state index in [-0.39, 0.29) is 5.97 Å². The summed E-state index contributed by atoms with van der Waals surface area (Å²) in [6.45, 7) is 4.38. The standard InChI is InChI=1S/C8H14O3/c1-4-7(11-5-2)6-8(9)10-3/h6H,4-5H2,1-3H3/b7-6-. The molecule has 0 fully saturated rings. The average molecular weight is 158 g/mol. The molecule has 0 saturated carbocycles. The predicted octanol–water partition coefficient (Wildman–Crippen LogP) is 1.49. The van der Waals surface area contributed by atoms with E-state index in [0.717, 1.165) is 0 Å². The second-order valence-electron chi connectivity index (χ2n) is 1.92. The van der Waals surface area contributed by atoms with E-state index in [1.807, 2.05) is 13.8 Å². The van der Waals surface area contributed by atoms with E-state index in [9.17, 15) is 4.79 Å². The molecule has 0 aromatic carbocycles. The number of hydrogen-bond acceptors (Lipinski definition) is 3. The van der Waals surface area contributed by atoms with Gasteiger partial charge in [-0.2, -0.15) is 0 Å². The highest BCUT2D eigenvalue weighted by molar-refractivity contribution is 5.82. The summed E-state index contributed by atoms with van der Waals surface area (Å²) in [7, 11) is 1.35. The third kappa shape index (κ3) is 4.42. The third-order valence-corrected chi connectivity index (χ3v) is 1.16. The lowest BCUT2D eigenvalue weighted by atomic mass is 10.3. The Kier molecular flexibility index (Phi) is 5.25. The third-order valence-electron chi connectivity index (χ3n) is 1.16. The van der Waals surface area contributed by atoms with Crippen LogP contribution in [0, 0.1) is 0 Å². The maximum absolute atomic E-state index is 10.7. The number of ether oxygens (including phenoxy) is 2. The molecule has 0 N–H and O–H groups in total. The number of rotatable bonds is 4. The fourth-order valence-corrected chi connectivity index (χ4v) is 0.622. The van der Waals surface area contributed by atoms with Crippen molar-refractivity contribution in [1.82, 2.24) is 0 Å². The van der Waals surface area contributed by atoms with Gasteiger partial charge in [-0.1, -0.05) is 6.92 Å². The molecule has 0 spiro atoms. The Morgan fingerprint density at radius 2 is 2.09 bits per heavy atom. The van der Waals surface area contributed by atoms with Crippen LogP contribution in [0.3, 0.4) is 0 Å². The van der Waals surface area contributed by atoms with Gasteiger partial charge in [0.1, 0.15) is 5.76 Å². The minimum Gasteiger partial charge on any atom is -0.498 e. The van der Waals surface area contributed by atoms with E-state index in [0.29, 0.717) is 18.8 Å². The first-order chi connectivity index (χ1) is 5.24. The van der Waals surface area contributed by atoms with Crippen LogP contribution in [0.1, 0.15) is 20.3 Å².